The molecule has 28 heavy (non-hydrogen) atoms. The monoisotopic (exact) mass is 413 g/mol. The summed E-state index contributed by atoms with van der Waals surface area (Å²) in [5.74, 6) is 0.524. The van der Waals surface area contributed by atoms with Gasteiger partial charge in [-0.3, -0.25) is 4.79 Å². The molecule has 2 rings (SSSR count). The molecule has 0 aliphatic rings. The van der Waals surface area contributed by atoms with E-state index in [9.17, 15) is 18.0 Å². The Morgan fingerprint density at radius 1 is 1.18 bits per heavy atom. The lowest BCUT2D eigenvalue weighted by Crippen LogP contribution is -2.11. The number of carbonyl (C=O) groups is 1. The maximum Gasteiger partial charge on any atom is 0.417 e. The van der Waals surface area contributed by atoms with Gasteiger partial charge < -0.3 is 14.8 Å². The van der Waals surface area contributed by atoms with E-state index in [1.807, 2.05) is 6.92 Å². The minimum Gasteiger partial charge on any atom is -0.493 e. The first-order valence-corrected chi connectivity index (χ1v) is 8.79. The number of nitrogens with one attached hydrogen (secondary N) is 1. The molecule has 0 fully saturated rings. The van der Waals surface area contributed by atoms with Gasteiger partial charge >= 0.3 is 6.18 Å². The second-order valence-electron chi connectivity index (χ2n) is 5.77. The normalized spacial score (nSPS) is 11.5. The zero-order valence-corrected chi connectivity index (χ0v) is 16.0. The Hall–Kier alpha value is -2.67. The number of halogens is 4. The van der Waals surface area contributed by atoms with Crippen molar-refractivity contribution < 1.29 is 27.4 Å². The van der Waals surface area contributed by atoms with Gasteiger partial charge in [0.25, 0.3) is 0 Å². The summed E-state index contributed by atoms with van der Waals surface area (Å²) in [6, 6.07) is 8.33. The number of carbonyl (C=O) groups excluding carboxylic acids is 1. The lowest BCUT2D eigenvalue weighted by molar-refractivity contribution is -0.137. The Morgan fingerprint density at radius 2 is 1.93 bits per heavy atom. The van der Waals surface area contributed by atoms with Crippen LogP contribution in [0.1, 0.15) is 24.5 Å². The minimum atomic E-state index is -4.61. The molecule has 0 aliphatic heterocycles. The Labute approximate surface area is 165 Å². The van der Waals surface area contributed by atoms with Crippen molar-refractivity contribution >= 4 is 29.3 Å². The number of hydrogen-bond acceptors (Lipinski definition) is 3. The molecule has 2 aromatic carbocycles. The minimum absolute atomic E-state index is 0.00716. The van der Waals surface area contributed by atoms with Gasteiger partial charge in [-0.2, -0.15) is 13.2 Å². The third kappa shape index (κ3) is 5.92. The van der Waals surface area contributed by atoms with Crippen molar-refractivity contribution in [2.24, 2.45) is 0 Å². The summed E-state index contributed by atoms with van der Waals surface area (Å²) in [6.45, 7) is 2.54. The van der Waals surface area contributed by atoms with Crippen LogP contribution in [-0.4, -0.2) is 19.6 Å². The molecule has 0 saturated carbocycles. The highest BCUT2D eigenvalue weighted by Crippen LogP contribution is 2.36. The Morgan fingerprint density at radius 3 is 2.57 bits per heavy atom. The standard InChI is InChI=1S/C20H19ClF3NO3/c1-3-10-28-17-8-4-13(11-18(17)27-2)5-9-19(26)25-14-6-7-16(21)15(12-14)20(22,23)24/h4-9,11-12H,3,10H2,1-2H3,(H,25,26)/b9-5+. The largest absolute Gasteiger partial charge is 0.493 e. The fraction of sp³-hybridized carbons (Fsp3) is 0.250. The summed E-state index contributed by atoms with van der Waals surface area (Å²) < 4.78 is 49.5. The van der Waals surface area contributed by atoms with Crippen LogP contribution in [0.5, 0.6) is 11.5 Å². The number of hydrogen-bond donors (Lipinski definition) is 1. The fourth-order valence-electron chi connectivity index (χ4n) is 2.30. The van der Waals surface area contributed by atoms with Gasteiger partial charge in [0.2, 0.25) is 5.91 Å². The first-order valence-electron chi connectivity index (χ1n) is 8.41. The highest BCUT2D eigenvalue weighted by molar-refractivity contribution is 6.31. The maximum absolute atomic E-state index is 12.9. The van der Waals surface area contributed by atoms with E-state index in [-0.39, 0.29) is 5.69 Å². The lowest BCUT2D eigenvalue weighted by atomic mass is 10.1. The van der Waals surface area contributed by atoms with Gasteiger partial charge in [-0.25, -0.2) is 0 Å². The average Bonchev–Trinajstić information content (AvgIpc) is 2.65. The Bertz CT molecular complexity index is 866. The van der Waals surface area contributed by atoms with Crippen LogP contribution >= 0.6 is 11.6 Å². The van der Waals surface area contributed by atoms with Crippen LogP contribution < -0.4 is 14.8 Å². The van der Waals surface area contributed by atoms with E-state index in [1.165, 1.54) is 25.3 Å². The van der Waals surface area contributed by atoms with E-state index >= 15 is 0 Å². The third-order valence-corrected chi connectivity index (χ3v) is 3.95. The number of benzene rings is 2. The summed E-state index contributed by atoms with van der Waals surface area (Å²) in [5.41, 5.74) is -0.349. The maximum atomic E-state index is 12.9. The summed E-state index contributed by atoms with van der Waals surface area (Å²) in [5, 5.41) is 1.95. The van der Waals surface area contributed by atoms with Crippen molar-refractivity contribution in [3.8, 4) is 11.5 Å². The van der Waals surface area contributed by atoms with Gasteiger partial charge in [-0.05, 0) is 48.4 Å². The van der Waals surface area contributed by atoms with Crippen LogP contribution in [0.4, 0.5) is 18.9 Å². The zero-order chi connectivity index (χ0) is 20.7. The molecule has 0 radical (unpaired) electrons. The Balaban J connectivity index is 2.10. The number of alkyl halides is 3. The fourth-order valence-corrected chi connectivity index (χ4v) is 2.52. The van der Waals surface area contributed by atoms with Crippen molar-refractivity contribution in [2.75, 3.05) is 19.0 Å². The molecule has 0 aliphatic carbocycles. The number of ether oxygens (including phenoxy) is 2. The predicted molar refractivity (Wildman–Crippen MR) is 103 cm³/mol. The topological polar surface area (TPSA) is 47.6 Å². The number of methoxy groups -OCH3 is 1. The summed E-state index contributed by atoms with van der Waals surface area (Å²) in [4.78, 5) is 12.0. The molecule has 2 aromatic rings. The number of amides is 1. The molecule has 4 nitrogen and oxygen atoms in total. The van der Waals surface area contributed by atoms with Crippen molar-refractivity contribution in [1.82, 2.24) is 0 Å². The predicted octanol–water partition coefficient (Wildman–Crippen LogP) is 5.81. The van der Waals surface area contributed by atoms with Crippen molar-refractivity contribution in [2.45, 2.75) is 19.5 Å². The molecule has 0 unspecified atom stereocenters. The first kappa shape index (κ1) is 21.6. The van der Waals surface area contributed by atoms with Crippen molar-refractivity contribution in [3.05, 3.63) is 58.6 Å². The number of anilines is 1. The first-order chi connectivity index (χ1) is 13.2. The van der Waals surface area contributed by atoms with Crippen LogP contribution in [0.2, 0.25) is 5.02 Å². The van der Waals surface area contributed by atoms with E-state index in [0.29, 0.717) is 23.7 Å². The molecule has 0 atom stereocenters. The smallest absolute Gasteiger partial charge is 0.417 e. The quantitative estimate of drug-likeness (QED) is 0.583. The van der Waals surface area contributed by atoms with Crippen LogP contribution in [-0.2, 0) is 11.0 Å². The van der Waals surface area contributed by atoms with Crippen LogP contribution in [0, 0.1) is 0 Å². The molecule has 0 heterocycles. The molecule has 1 amide bonds. The Kier molecular flexibility index (Phi) is 7.34. The van der Waals surface area contributed by atoms with Crippen LogP contribution in [0.15, 0.2) is 42.5 Å². The van der Waals surface area contributed by atoms with Crippen LogP contribution in [0.3, 0.4) is 0 Å². The SMILES string of the molecule is CCCOc1ccc(/C=C/C(=O)Nc2ccc(Cl)c(C(F)(F)F)c2)cc1OC. The summed E-state index contributed by atoms with van der Waals surface area (Å²) in [6.07, 6.45) is -1.03. The van der Waals surface area contributed by atoms with Crippen LogP contribution in [0.25, 0.3) is 6.08 Å². The molecular formula is C20H19ClF3NO3. The van der Waals surface area contributed by atoms with E-state index in [2.05, 4.69) is 5.32 Å². The molecule has 0 bridgehead atoms. The highest BCUT2D eigenvalue weighted by Gasteiger charge is 2.33. The van der Waals surface area contributed by atoms with E-state index in [1.54, 1.807) is 18.2 Å². The second kappa shape index (κ2) is 9.50. The van der Waals surface area contributed by atoms with Gasteiger partial charge in [0.1, 0.15) is 0 Å². The van der Waals surface area contributed by atoms with Gasteiger partial charge in [-0.1, -0.05) is 24.6 Å². The van der Waals surface area contributed by atoms with Crippen molar-refractivity contribution in [1.29, 1.82) is 0 Å². The van der Waals surface area contributed by atoms with Gasteiger partial charge in [0, 0.05) is 11.8 Å². The zero-order valence-electron chi connectivity index (χ0n) is 15.3. The highest BCUT2D eigenvalue weighted by atomic mass is 35.5. The lowest BCUT2D eigenvalue weighted by Gasteiger charge is -2.11. The molecule has 0 aromatic heterocycles. The van der Waals surface area contributed by atoms with Gasteiger partial charge in [0.15, 0.2) is 11.5 Å². The van der Waals surface area contributed by atoms with Gasteiger partial charge in [-0.15, -0.1) is 0 Å². The average molecular weight is 414 g/mol. The molecule has 8 heteroatoms. The molecule has 0 spiro atoms. The number of rotatable bonds is 7. The second-order valence-corrected chi connectivity index (χ2v) is 6.18. The van der Waals surface area contributed by atoms with E-state index < -0.39 is 22.7 Å². The van der Waals surface area contributed by atoms with E-state index in [4.69, 9.17) is 21.1 Å². The molecule has 0 saturated heterocycles. The third-order valence-electron chi connectivity index (χ3n) is 3.62. The van der Waals surface area contributed by atoms with E-state index in [0.717, 1.165) is 18.6 Å². The van der Waals surface area contributed by atoms with Crippen molar-refractivity contribution in [3.63, 3.8) is 0 Å². The molecule has 1 N–H and O–H groups in total. The summed E-state index contributed by atoms with van der Waals surface area (Å²) in [7, 11) is 1.51. The molecule has 150 valence electrons. The van der Waals surface area contributed by atoms with Gasteiger partial charge in [0.05, 0.1) is 24.3 Å². The summed E-state index contributed by atoms with van der Waals surface area (Å²) >= 11 is 5.56. The molecular weight excluding hydrogens is 395 g/mol.